The van der Waals surface area contributed by atoms with Gasteiger partial charge in [-0.1, -0.05) is 60.7 Å². The monoisotopic (exact) mass is 458 g/mol. The van der Waals surface area contributed by atoms with Crippen LogP contribution < -0.4 is 5.32 Å². The molecule has 0 spiro atoms. The maximum atomic E-state index is 12.8. The van der Waals surface area contributed by atoms with Crippen LogP contribution in [0, 0.1) is 23.7 Å². The lowest BCUT2D eigenvalue weighted by Gasteiger charge is -2.23. The third kappa shape index (κ3) is 3.47. The zero-order valence-electron chi connectivity index (χ0n) is 18.6. The number of carbonyl (C=O) groups excluding carboxylic acids is 2. The normalized spacial score (nSPS) is 28.2. The topological polar surface area (TPSA) is 95.9 Å². The summed E-state index contributed by atoms with van der Waals surface area (Å²) in [6.07, 6.45) is 3.70. The fourth-order valence-corrected chi connectivity index (χ4v) is 6.09. The number of carbonyl (C=O) groups is 3. The highest BCUT2D eigenvalue weighted by atomic mass is 16.5. The van der Waals surface area contributed by atoms with Gasteiger partial charge in [-0.05, 0) is 40.5 Å². The van der Waals surface area contributed by atoms with Crippen LogP contribution in [0.15, 0.2) is 60.7 Å². The Kier molecular flexibility index (Phi) is 4.94. The first-order valence-electron chi connectivity index (χ1n) is 11.8. The van der Waals surface area contributed by atoms with E-state index < -0.39 is 12.1 Å². The molecule has 2 fully saturated rings. The van der Waals surface area contributed by atoms with E-state index in [2.05, 4.69) is 29.6 Å². The molecular weight excluding hydrogens is 432 g/mol. The summed E-state index contributed by atoms with van der Waals surface area (Å²) in [5, 5.41) is 12.0. The molecule has 0 radical (unpaired) electrons. The van der Waals surface area contributed by atoms with Crippen LogP contribution in [-0.2, 0) is 14.3 Å². The molecule has 2 aromatic rings. The van der Waals surface area contributed by atoms with Gasteiger partial charge in [0.05, 0.1) is 17.9 Å². The van der Waals surface area contributed by atoms with E-state index in [1.807, 2.05) is 36.4 Å². The number of amides is 2. The first-order valence-corrected chi connectivity index (χ1v) is 11.8. The first-order chi connectivity index (χ1) is 16.5. The summed E-state index contributed by atoms with van der Waals surface area (Å²) in [5.74, 6) is -1.11. The van der Waals surface area contributed by atoms with Crippen LogP contribution in [0.25, 0.3) is 11.1 Å². The SMILES string of the molecule is O=C(NC1C=CC(C(=O)N2CC3C(C2)C3C(=O)O)C1)OCC1c2ccccc2-c2ccccc21. The van der Waals surface area contributed by atoms with Gasteiger partial charge in [0.1, 0.15) is 6.61 Å². The van der Waals surface area contributed by atoms with E-state index in [9.17, 15) is 14.4 Å². The van der Waals surface area contributed by atoms with Crippen molar-refractivity contribution in [2.45, 2.75) is 18.4 Å². The van der Waals surface area contributed by atoms with Crippen LogP contribution in [0.5, 0.6) is 0 Å². The predicted octanol–water partition coefficient (Wildman–Crippen LogP) is 3.26. The Balaban J connectivity index is 1.01. The molecule has 174 valence electrons. The van der Waals surface area contributed by atoms with Gasteiger partial charge < -0.3 is 20.1 Å². The largest absolute Gasteiger partial charge is 0.481 e. The number of benzene rings is 2. The second-order valence-corrected chi connectivity index (χ2v) is 9.74. The van der Waals surface area contributed by atoms with Crippen molar-refractivity contribution in [3.63, 3.8) is 0 Å². The fraction of sp³-hybridized carbons (Fsp3) is 0.370. The molecule has 4 unspecified atom stereocenters. The molecule has 2 N–H and O–H groups in total. The maximum absolute atomic E-state index is 12.8. The molecule has 1 aliphatic heterocycles. The number of hydrogen-bond acceptors (Lipinski definition) is 4. The number of carboxylic acids is 1. The molecule has 34 heavy (non-hydrogen) atoms. The van der Waals surface area contributed by atoms with E-state index in [0.717, 1.165) is 11.1 Å². The Morgan fingerprint density at radius 1 is 0.941 bits per heavy atom. The number of fused-ring (bicyclic) bond motifs is 4. The lowest BCUT2D eigenvalue weighted by molar-refractivity contribution is -0.141. The van der Waals surface area contributed by atoms with Crippen molar-refractivity contribution >= 4 is 18.0 Å². The zero-order chi connectivity index (χ0) is 23.4. The highest BCUT2D eigenvalue weighted by molar-refractivity contribution is 5.83. The maximum Gasteiger partial charge on any atom is 0.407 e. The first kappa shape index (κ1) is 21.0. The van der Waals surface area contributed by atoms with Crippen molar-refractivity contribution in [2.75, 3.05) is 19.7 Å². The molecule has 0 bridgehead atoms. The summed E-state index contributed by atoms with van der Waals surface area (Å²) in [5.41, 5.74) is 4.69. The van der Waals surface area contributed by atoms with Crippen molar-refractivity contribution in [3.05, 3.63) is 71.8 Å². The molecule has 1 saturated heterocycles. The summed E-state index contributed by atoms with van der Waals surface area (Å²) in [7, 11) is 0. The fourth-order valence-electron chi connectivity index (χ4n) is 6.09. The molecule has 6 rings (SSSR count). The second-order valence-electron chi connectivity index (χ2n) is 9.74. The molecule has 2 amide bonds. The molecule has 2 aromatic carbocycles. The number of likely N-dealkylation sites (tertiary alicyclic amines) is 1. The summed E-state index contributed by atoms with van der Waals surface area (Å²) >= 11 is 0. The van der Waals surface area contributed by atoms with Crippen molar-refractivity contribution < 1.29 is 24.2 Å². The average Bonchev–Trinajstić information content (AvgIpc) is 3.20. The Hall–Kier alpha value is -3.61. The van der Waals surface area contributed by atoms with E-state index in [-0.39, 0.29) is 48.1 Å². The molecule has 7 nitrogen and oxygen atoms in total. The zero-order valence-corrected chi connectivity index (χ0v) is 18.6. The summed E-state index contributed by atoms with van der Waals surface area (Å²) in [6.45, 7) is 1.30. The number of nitrogens with zero attached hydrogens (tertiary/aromatic N) is 1. The molecule has 3 aliphatic carbocycles. The molecule has 0 aromatic heterocycles. The van der Waals surface area contributed by atoms with Crippen molar-refractivity contribution in [3.8, 4) is 11.1 Å². The third-order valence-corrected chi connectivity index (χ3v) is 7.84. The van der Waals surface area contributed by atoms with Crippen LogP contribution in [0.4, 0.5) is 4.79 Å². The Morgan fingerprint density at radius 3 is 2.18 bits per heavy atom. The van der Waals surface area contributed by atoms with Crippen molar-refractivity contribution in [1.82, 2.24) is 10.2 Å². The quantitative estimate of drug-likeness (QED) is 0.671. The molecule has 4 aliphatic rings. The summed E-state index contributed by atoms with van der Waals surface area (Å²) in [6, 6.07) is 16.1. The van der Waals surface area contributed by atoms with Gasteiger partial charge in [-0.25, -0.2) is 4.79 Å². The van der Waals surface area contributed by atoms with Crippen molar-refractivity contribution in [2.24, 2.45) is 23.7 Å². The van der Waals surface area contributed by atoms with Crippen molar-refractivity contribution in [1.29, 1.82) is 0 Å². The van der Waals surface area contributed by atoms with E-state index in [4.69, 9.17) is 9.84 Å². The minimum Gasteiger partial charge on any atom is -0.481 e. The van der Waals surface area contributed by atoms with E-state index in [0.29, 0.717) is 19.5 Å². The smallest absolute Gasteiger partial charge is 0.407 e. The Morgan fingerprint density at radius 2 is 1.56 bits per heavy atom. The van der Waals surface area contributed by atoms with E-state index in [1.54, 1.807) is 4.90 Å². The highest BCUT2D eigenvalue weighted by Gasteiger charge is 2.60. The molecule has 7 heteroatoms. The molecular formula is C27H26N2O5. The van der Waals surface area contributed by atoms with Gasteiger partial charge in [0.15, 0.2) is 0 Å². The third-order valence-electron chi connectivity index (χ3n) is 7.84. The van der Waals surface area contributed by atoms with Gasteiger partial charge >= 0.3 is 12.1 Å². The minimum absolute atomic E-state index is 0.00262. The number of hydrogen-bond donors (Lipinski definition) is 2. The number of alkyl carbamates (subject to hydrolysis) is 1. The molecule has 1 heterocycles. The number of rotatable bonds is 5. The van der Waals surface area contributed by atoms with Crippen LogP contribution in [0.3, 0.4) is 0 Å². The highest BCUT2D eigenvalue weighted by Crippen LogP contribution is 2.52. The minimum atomic E-state index is -0.754. The Labute approximate surface area is 197 Å². The molecule has 1 saturated carbocycles. The van der Waals surface area contributed by atoms with Crippen LogP contribution in [0.2, 0.25) is 0 Å². The lowest BCUT2D eigenvalue weighted by atomic mass is 9.98. The van der Waals surface area contributed by atoms with Crippen LogP contribution >= 0.6 is 0 Å². The number of ether oxygens (including phenoxy) is 1. The standard InChI is InChI=1S/C27H26N2O5/c30-25(29-12-21-22(13-29)24(21)26(31)32)15-9-10-16(11-15)28-27(33)34-14-23-19-7-3-1-5-17(19)18-6-2-4-8-20(18)23/h1-10,15-16,21-24H,11-14H2,(H,28,33)(H,31,32). The summed E-state index contributed by atoms with van der Waals surface area (Å²) in [4.78, 5) is 38.3. The van der Waals surface area contributed by atoms with Gasteiger partial charge in [0.2, 0.25) is 5.91 Å². The van der Waals surface area contributed by atoms with Gasteiger partial charge in [0.25, 0.3) is 0 Å². The number of carboxylic acid groups (broad SMARTS) is 1. The van der Waals surface area contributed by atoms with Gasteiger partial charge in [-0.15, -0.1) is 0 Å². The van der Waals surface area contributed by atoms with E-state index >= 15 is 0 Å². The average molecular weight is 459 g/mol. The number of aliphatic carboxylic acids is 1. The second kappa shape index (κ2) is 8.01. The molecule has 4 atom stereocenters. The van der Waals surface area contributed by atoms with Gasteiger partial charge in [0, 0.05) is 19.0 Å². The summed E-state index contributed by atoms with van der Waals surface area (Å²) < 4.78 is 5.62. The number of piperidine rings is 1. The predicted molar refractivity (Wildman–Crippen MR) is 124 cm³/mol. The van der Waals surface area contributed by atoms with Crippen LogP contribution in [-0.4, -0.2) is 53.7 Å². The van der Waals surface area contributed by atoms with Crippen LogP contribution in [0.1, 0.15) is 23.5 Å². The van der Waals surface area contributed by atoms with E-state index in [1.165, 1.54) is 11.1 Å². The Bertz CT molecular complexity index is 1150. The van der Waals surface area contributed by atoms with Gasteiger partial charge in [-0.3, -0.25) is 9.59 Å². The number of nitrogens with one attached hydrogen (secondary N) is 1. The van der Waals surface area contributed by atoms with Gasteiger partial charge in [-0.2, -0.15) is 0 Å². The lowest BCUT2D eigenvalue weighted by Crippen LogP contribution is -2.38.